The van der Waals surface area contributed by atoms with Gasteiger partial charge in [-0.3, -0.25) is 4.79 Å². The summed E-state index contributed by atoms with van der Waals surface area (Å²) in [5.74, 6) is 1.52. The van der Waals surface area contributed by atoms with Gasteiger partial charge in [-0.1, -0.05) is 18.2 Å². The minimum absolute atomic E-state index is 0.0339. The Balaban J connectivity index is 1.60. The van der Waals surface area contributed by atoms with Crippen molar-refractivity contribution in [2.24, 2.45) is 5.92 Å². The molecule has 0 saturated carbocycles. The fourth-order valence-corrected chi connectivity index (χ4v) is 3.65. The second-order valence-electron chi connectivity index (χ2n) is 6.14. The van der Waals surface area contributed by atoms with Crippen molar-refractivity contribution in [1.29, 1.82) is 0 Å². The SMILES string of the molecule is O=C(CSc1ccccc1)Nc1cccnc1N1CCC(CO)CC1. The molecule has 2 aromatic rings. The van der Waals surface area contributed by atoms with E-state index in [1.165, 1.54) is 11.8 Å². The second-order valence-corrected chi connectivity index (χ2v) is 7.19. The van der Waals surface area contributed by atoms with Crippen LogP contribution in [0.15, 0.2) is 53.6 Å². The number of hydrogen-bond acceptors (Lipinski definition) is 5. The number of thioether (sulfide) groups is 1. The van der Waals surface area contributed by atoms with Crippen LogP contribution >= 0.6 is 11.8 Å². The minimum Gasteiger partial charge on any atom is -0.396 e. The summed E-state index contributed by atoms with van der Waals surface area (Å²) in [5, 5.41) is 12.3. The maximum atomic E-state index is 12.3. The predicted octanol–water partition coefficient (Wildman–Crippen LogP) is 3.02. The Morgan fingerprint density at radius 1 is 1.20 bits per heavy atom. The Morgan fingerprint density at radius 3 is 2.68 bits per heavy atom. The Kier molecular flexibility index (Phi) is 6.30. The number of amides is 1. The third kappa shape index (κ3) is 4.96. The van der Waals surface area contributed by atoms with E-state index in [9.17, 15) is 9.90 Å². The lowest BCUT2D eigenvalue weighted by Gasteiger charge is -2.33. The molecule has 3 rings (SSSR count). The average Bonchev–Trinajstić information content (AvgIpc) is 2.68. The molecule has 1 saturated heterocycles. The van der Waals surface area contributed by atoms with Crippen LogP contribution in [0.1, 0.15) is 12.8 Å². The molecule has 2 N–H and O–H groups in total. The molecule has 2 heterocycles. The van der Waals surface area contributed by atoms with Crippen molar-refractivity contribution in [2.45, 2.75) is 17.7 Å². The third-order valence-corrected chi connectivity index (χ3v) is 5.36. The molecule has 0 unspecified atom stereocenters. The van der Waals surface area contributed by atoms with Gasteiger partial charge in [0.25, 0.3) is 0 Å². The van der Waals surface area contributed by atoms with Gasteiger partial charge in [-0.15, -0.1) is 11.8 Å². The number of aliphatic hydroxyl groups is 1. The van der Waals surface area contributed by atoms with E-state index in [4.69, 9.17) is 0 Å². The standard InChI is InChI=1S/C19H23N3O2S/c23-13-15-8-11-22(12-9-15)19-17(7-4-10-20-19)21-18(24)14-25-16-5-2-1-3-6-16/h1-7,10,15,23H,8-9,11-14H2,(H,21,24). The number of nitrogens with one attached hydrogen (secondary N) is 1. The highest BCUT2D eigenvalue weighted by atomic mass is 32.2. The van der Waals surface area contributed by atoms with Gasteiger partial charge in [0.1, 0.15) is 0 Å². The van der Waals surface area contributed by atoms with Crippen molar-refractivity contribution in [3.8, 4) is 0 Å². The topological polar surface area (TPSA) is 65.5 Å². The van der Waals surface area contributed by atoms with Crippen molar-refractivity contribution in [2.75, 3.05) is 35.7 Å². The molecule has 132 valence electrons. The Bertz CT molecular complexity index is 688. The zero-order valence-electron chi connectivity index (χ0n) is 14.1. The number of anilines is 2. The monoisotopic (exact) mass is 357 g/mol. The summed E-state index contributed by atoms with van der Waals surface area (Å²) >= 11 is 1.52. The zero-order chi connectivity index (χ0) is 17.5. The Morgan fingerprint density at radius 2 is 1.96 bits per heavy atom. The minimum atomic E-state index is -0.0339. The smallest absolute Gasteiger partial charge is 0.234 e. The zero-order valence-corrected chi connectivity index (χ0v) is 14.9. The van der Waals surface area contributed by atoms with Gasteiger partial charge >= 0.3 is 0 Å². The summed E-state index contributed by atoms with van der Waals surface area (Å²) in [6.07, 6.45) is 3.65. The van der Waals surface area contributed by atoms with Gasteiger partial charge < -0.3 is 15.3 Å². The van der Waals surface area contributed by atoms with Crippen LogP contribution in [0, 0.1) is 5.92 Å². The van der Waals surface area contributed by atoms with E-state index in [0.717, 1.165) is 42.3 Å². The molecule has 0 bridgehead atoms. The first-order chi connectivity index (χ1) is 12.3. The van der Waals surface area contributed by atoms with Crippen LogP contribution in [0.4, 0.5) is 11.5 Å². The number of hydrogen-bond donors (Lipinski definition) is 2. The number of benzene rings is 1. The van der Waals surface area contributed by atoms with Crippen LogP contribution in [0.3, 0.4) is 0 Å². The van der Waals surface area contributed by atoms with Crippen LogP contribution in [0.2, 0.25) is 0 Å². The van der Waals surface area contributed by atoms with Gasteiger partial charge in [-0.05, 0) is 43.0 Å². The number of rotatable bonds is 6. The molecule has 1 aliphatic heterocycles. The molecular weight excluding hydrogens is 334 g/mol. The predicted molar refractivity (Wildman–Crippen MR) is 102 cm³/mol. The highest BCUT2D eigenvalue weighted by Crippen LogP contribution is 2.28. The maximum absolute atomic E-state index is 12.3. The lowest BCUT2D eigenvalue weighted by atomic mass is 9.98. The number of carbonyl (C=O) groups excluding carboxylic acids is 1. The van der Waals surface area contributed by atoms with Crippen molar-refractivity contribution in [3.05, 3.63) is 48.7 Å². The maximum Gasteiger partial charge on any atom is 0.234 e. The van der Waals surface area contributed by atoms with Gasteiger partial charge in [-0.2, -0.15) is 0 Å². The van der Waals surface area contributed by atoms with E-state index >= 15 is 0 Å². The van der Waals surface area contributed by atoms with Gasteiger partial charge in [0, 0.05) is 30.8 Å². The molecule has 0 radical (unpaired) electrons. The van der Waals surface area contributed by atoms with Gasteiger partial charge in [0.05, 0.1) is 11.4 Å². The molecule has 1 aromatic heterocycles. The summed E-state index contributed by atoms with van der Waals surface area (Å²) < 4.78 is 0. The van der Waals surface area contributed by atoms with Crippen LogP contribution in [0.5, 0.6) is 0 Å². The van der Waals surface area contributed by atoms with Crippen LogP contribution in [-0.2, 0) is 4.79 Å². The number of pyridine rings is 1. The molecule has 0 atom stereocenters. The highest BCUT2D eigenvalue weighted by molar-refractivity contribution is 8.00. The van der Waals surface area contributed by atoms with Crippen LogP contribution in [-0.4, -0.2) is 41.4 Å². The van der Waals surface area contributed by atoms with Crippen molar-refractivity contribution >= 4 is 29.2 Å². The van der Waals surface area contributed by atoms with Gasteiger partial charge in [0.2, 0.25) is 5.91 Å². The Hall–Kier alpha value is -2.05. The van der Waals surface area contributed by atoms with Crippen molar-refractivity contribution in [1.82, 2.24) is 4.98 Å². The van der Waals surface area contributed by atoms with Crippen LogP contribution < -0.4 is 10.2 Å². The van der Waals surface area contributed by atoms with Gasteiger partial charge in [-0.25, -0.2) is 4.98 Å². The lowest BCUT2D eigenvalue weighted by molar-refractivity contribution is -0.113. The van der Waals surface area contributed by atoms with Crippen LogP contribution in [0.25, 0.3) is 0 Å². The third-order valence-electron chi connectivity index (χ3n) is 4.35. The lowest BCUT2D eigenvalue weighted by Crippen LogP contribution is -2.36. The summed E-state index contributed by atoms with van der Waals surface area (Å²) in [6, 6.07) is 13.6. The summed E-state index contributed by atoms with van der Waals surface area (Å²) in [5.41, 5.74) is 0.753. The summed E-state index contributed by atoms with van der Waals surface area (Å²) in [6.45, 7) is 1.95. The summed E-state index contributed by atoms with van der Waals surface area (Å²) in [7, 11) is 0. The molecule has 5 nitrogen and oxygen atoms in total. The first kappa shape index (κ1) is 17.8. The number of piperidine rings is 1. The van der Waals surface area contributed by atoms with E-state index in [1.54, 1.807) is 6.20 Å². The van der Waals surface area contributed by atoms with E-state index in [0.29, 0.717) is 11.7 Å². The molecule has 6 heteroatoms. The molecule has 25 heavy (non-hydrogen) atoms. The molecule has 0 spiro atoms. The summed E-state index contributed by atoms with van der Waals surface area (Å²) in [4.78, 5) is 20.0. The first-order valence-corrected chi connectivity index (χ1v) is 9.53. The quantitative estimate of drug-likeness (QED) is 0.778. The molecule has 1 aliphatic rings. The number of carbonyl (C=O) groups is 1. The number of aromatic nitrogens is 1. The molecule has 1 fully saturated rings. The number of nitrogens with zero attached hydrogens (tertiary/aromatic N) is 2. The highest BCUT2D eigenvalue weighted by Gasteiger charge is 2.21. The van der Waals surface area contributed by atoms with Crippen molar-refractivity contribution in [3.63, 3.8) is 0 Å². The number of aliphatic hydroxyl groups excluding tert-OH is 1. The van der Waals surface area contributed by atoms with Crippen molar-refractivity contribution < 1.29 is 9.90 Å². The van der Waals surface area contributed by atoms with E-state index in [2.05, 4.69) is 15.2 Å². The van der Waals surface area contributed by atoms with E-state index in [-0.39, 0.29) is 12.5 Å². The fraction of sp³-hybridized carbons (Fsp3) is 0.368. The average molecular weight is 357 g/mol. The van der Waals surface area contributed by atoms with Gasteiger partial charge in [0.15, 0.2) is 5.82 Å². The first-order valence-electron chi connectivity index (χ1n) is 8.55. The Labute approximate surface area is 152 Å². The fourth-order valence-electron chi connectivity index (χ4n) is 2.93. The normalized spacial score (nSPS) is 15.2. The largest absolute Gasteiger partial charge is 0.396 e. The van der Waals surface area contributed by atoms with E-state index < -0.39 is 0 Å². The molecule has 0 aliphatic carbocycles. The second kappa shape index (κ2) is 8.87. The molecular formula is C19H23N3O2S. The van der Waals surface area contributed by atoms with E-state index in [1.807, 2.05) is 42.5 Å². The molecule has 1 amide bonds. The molecule has 1 aromatic carbocycles.